The number of ether oxygens (including phenoxy) is 1. The van der Waals surface area contributed by atoms with Crippen LogP contribution < -0.4 is 5.56 Å². The van der Waals surface area contributed by atoms with Crippen molar-refractivity contribution in [2.75, 3.05) is 0 Å². The molecule has 5 nitrogen and oxygen atoms in total. The van der Waals surface area contributed by atoms with Crippen molar-refractivity contribution in [1.29, 1.82) is 0 Å². The number of carbonyl (C=O) groups is 1. The minimum absolute atomic E-state index is 0.00704. The quantitative estimate of drug-likeness (QED) is 0.509. The molecule has 0 unspecified atom stereocenters. The van der Waals surface area contributed by atoms with Gasteiger partial charge in [-0.3, -0.25) is 14.3 Å². The number of benzene rings is 2. The highest BCUT2D eigenvalue weighted by Crippen LogP contribution is 2.19. The normalized spacial score (nSPS) is 10.8. The zero-order chi connectivity index (χ0) is 19.5. The summed E-state index contributed by atoms with van der Waals surface area (Å²) in [5.74, 6) is -1.07. The molecule has 138 valence electrons. The zero-order valence-electron chi connectivity index (χ0n) is 14.7. The molecule has 0 saturated carbocycles. The van der Waals surface area contributed by atoms with E-state index in [9.17, 15) is 14.0 Å². The Morgan fingerprint density at radius 3 is 2.54 bits per heavy atom. The van der Waals surface area contributed by atoms with Crippen molar-refractivity contribution in [3.8, 4) is 5.69 Å². The number of aromatic nitrogens is 2. The van der Waals surface area contributed by atoms with Crippen molar-refractivity contribution >= 4 is 16.7 Å². The number of rotatable bonds is 4. The van der Waals surface area contributed by atoms with Crippen LogP contribution in [-0.4, -0.2) is 15.5 Å². The van der Waals surface area contributed by atoms with E-state index in [1.807, 2.05) is 0 Å². The second-order valence-corrected chi connectivity index (χ2v) is 6.14. The number of halogens is 1. The Bertz CT molecular complexity index is 1220. The Hall–Kier alpha value is -3.80. The topological polar surface area (TPSA) is 61.2 Å². The summed E-state index contributed by atoms with van der Waals surface area (Å²) in [4.78, 5) is 29.7. The number of nitrogens with zero attached hydrogens (tertiary/aromatic N) is 2. The molecule has 0 aliphatic heterocycles. The summed E-state index contributed by atoms with van der Waals surface area (Å²) >= 11 is 0. The minimum atomic E-state index is -0.591. The average molecular weight is 374 g/mol. The van der Waals surface area contributed by atoms with Crippen LogP contribution >= 0.6 is 0 Å². The summed E-state index contributed by atoms with van der Waals surface area (Å²) in [7, 11) is 0. The van der Waals surface area contributed by atoms with E-state index in [2.05, 4.69) is 4.98 Å². The molecule has 4 aromatic rings. The Kier molecular flexibility index (Phi) is 4.68. The van der Waals surface area contributed by atoms with Crippen LogP contribution in [-0.2, 0) is 11.3 Å². The maximum Gasteiger partial charge on any atom is 0.340 e. The fraction of sp³-hybridized carbons (Fsp3) is 0.0455. The molecule has 0 radical (unpaired) electrons. The van der Waals surface area contributed by atoms with Crippen molar-refractivity contribution in [3.05, 3.63) is 107 Å². The van der Waals surface area contributed by atoms with Crippen molar-refractivity contribution < 1.29 is 13.9 Å². The second kappa shape index (κ2) is 7.44. The van der Waals surface area contributed by atoms with Crippen LogP contribution in [0.4, 0.5) is 4.39 Å². The highest BCUT2D eigenvalue weighted by atomic mass is 19.1. The molecular formula is C22H15FN2O3. The Morgan fingerprint density at radius 1 is 1.00 bits per heavy atom. The molecule has 0 aliphatic carbocycles. The van der Waals surface area contributed by atoms with Gasteiger partial charge in [-0.15, -0.1) is 0 Å². The van der Waals surface area contributed by atoms with Gasteiger partial charge in [0.15, 0.2) is 0 Å². The number of carbonyl (C=O) groups excluding carboxylic acids is 1. The van der Waals surface area contributed by atoms with Crippen molar-refractivity contribution in [1.82, 2.24) is 9.55 Å². The molecule has 0 atom stereocenters. The van der Waals surface area contributed by atoms with E-state index >= 15 is 0 Å². The van der Waals surface area contributed by atoms with E-state index in [1.54, 1.807) is 54.7 Å². The fourth-order valence-corrected chi connectivity index (χ4v) is 2.97. The van der Waals surface area contributed by atoms with Gasteiger partial charge < -0.3 is 4.74 Å². The first-order valence-corrected chi connectivity index (χ1v) is 8.61. The average Bonchev–Trinajstić information content (AvgIpc) is 2.73. The summed E-state index contributed by atoms with van der Waals surface area (Å²) in [6.07, 6.45) is 3.00. The fourth-order valence-electron chi connectivity index (χ4n) is 2.97. The molecule has 2 heterocycles. The van der Waals surface area contributed by atoms with Crippen molar-refractivity contribution in [2.24, 2.45) is 0 Å². The lowest BCUT2D eigenvalue weighted by atomic mass is 10.1. The van der Waals surface area contributed by atoms with Gasteiger partial charge in [-0.1, -0.05) is 30.3 Å². The summed E-state index contributed by atoms with van der Waals surface area (Å²) in [5.41, 5.74) is 0.811. The Balaban J connectivity index is 1.80. The molecule has 0 N–H and O–H groups in total. The third-order valence-corrected chi connectivity index (χ3v) is 4.31. The first kappa shape index (κ1) is 17.6. The summed E-state index contributed by atoms with van der Waals surface area (Å²) < 4.78 is 20.3. The minimum Gasteiger partial charge on any atom is -0.456 e. The SMILES string of the molecule is O=C(OCc1ccccn1)c1cn(-c2cccc(F)c2)c(=O)c2ccccc12. The summed E-state index contributed by atoms with van der Waals surface area (Å²) in [6.45, 7) is 0.00704. The number of hydrogen-bond donors (Lipinski definition) is 0. The first-order chi connectivity index (χ1) is 13.6. The van der Waals surface area contributed by atoms with Crippen LogP contribution in [0.15, 0.2) is 83.9 Å². The first-order valence-electron chi connectivity index (χ1n) is 8.61. The maximum atomic E-state index is 13.7. The molecule has 0 fully saturated rings. The molecule has 0 saturated heterocycles. The maximum absolute atomic E-state index is 13.7. The largest absolute Gasteiger partial charge is 0.456 e. The summed E-state index contributed by atoms with van der Waals surface area (Å²) in [5, 5.41) is 0.824. The van der Waals surface area contributed by atoms with Crippen molar-refractivity contribution in [2.45, 2.75) is 6.61 Å². The van der Waals surface area contributed by atoms with E-state index in [1.165, 1.54) is 29.0 Å². The van der Waals surface area contributed by atoms with Crippen molar-refractivity contribution in [3.63, 3.8) is 0 Å². The predicted octanol–water partition coefficient (Wildman–Crippen LogP) is 3.88. The molecule has 2 aromatic heterocycles. The molecule has 0 amide bonds. The van der Waals surface area contributed by atoms with Gasteiger partial charge in [-0.25, -0.2) is 9.18 Å². The monoisotopic (exact) mass is 374 g/mol. The van der Waals surface area contributed by atoms with Gasteiger partial charge in [0.05, 0.1) is 16.9 Å². The Labute approximate surface area is 159 Å². The van der Waals surface area contributed by atoms with Crippen LogP contribution in [0.5, 0.6) is 0 Å². The molecule has 28 heavy (non-hydrogen) atoms. The molecule has 6 heteroatoms. The standard InChI is InChI=1S/C22H15FN2O3/c23-15-6-5-8-17(12-15)25-13-20(18-9-1-2-10-19(18)21(25)26)22(27)28-14-16-7-3-4-11-24-16/h1-13H,14H2. The van der Waals surface area contributed by atoms with Gasteiger partial charge in [0.2, 0.25) is 0 Å². The van der Waals surface area contributed by atoms with E-state index in [4.69, 9.17) is 4.74 Å². The highest BCUT2D eigenvalue weighted by molar-refractivity contribution is 6.04. The molecule has 4 rings (SSSR count). The number of esters is 1. The number of fused-ring (bicyclic) bond motifs is 1. The lowest BCUT2D eigenvalue weighted by Crippen LogP contribution is -2.21. The Morgan fingerprint density at radius 2 is 1.79 bits per heavy atom. The predicted molar refractivity (Wildman–Crippen MR) is 103 cm³/mol. The van der Waals surface area contributed by atoms with E-state index < -0.39 is 11.8 Å². The van der Waals surface area contributed by atoms with Gasteiger partial charge in [0, 0.05) is 23.2 Å². The van der Waals surface area contributed by atoms with Crippen LogP contribution in [0.1, 0.15) is 16.1 Å². The van der Waals surface area contributed by atoms with Gasteiger partial charge in [0.25, 0.3) is 5.56 Å². The van der Waals surface area contributed by atoms with Gasteiger partial charge >= 0.3 is 5.97 Å². The number of pyridine rings is 2. The lowest BCUT2D eigenvalue weighted by Gasteiger charge is -2.12. The third kappa shape index (κ3) is 3.40. The van der Waals surface area contributed by atoms with Crippen LogP contribution in [0.3, 0.4) is 0 Å². The molecule has 0 aliphatic rings. The van der Waals surface area contributed by atoms with E-state index in [0.717, 1.165) is 0 Å². The number of hydrogen-bond acceptors (Lipinski definition) is 4. The summed E-state index contributed by atoms with van der Waals surface area (Å²) in [6, 6.07) is 17.7. The van der Waals surface area contributed by atoms with E-state index in [-0.39, 0.29) is 17.7 Å². The van der Waals surface area contributed by atoms with Gasteiger partial charge in [-0.05, 0) is 36.4 Å². The van der Waals surface area contributed by atoms with E-state index in [0.29, 0.717) is 22.2 Å². The third-order valence-electron chi connectivity index (χ3n) is 4.31. The molecule has 0 spiro atoms. The smallest absolute Gasteiger partial charge is 0.340 e. The van der Waals surface area contributed by atoms with Gasteiger partial charge in [-0.2, -0.15) is 0 Å². The van der Waals surface area contributed by atoms with Crippen LogP contribution in [0, 0.1) is 5.82 Å². The molecule has 2 aromatic carbocycles. The zero-order valence-corrected chi connectivity index (χ0v) is 14.7. The van der Waals surface area contributed by atoms with Crippen LogP contribution in [0.25, 0.3) is 16.5 Å². The van der Waals surface area contributed by atoms with Crippen LogP contribution in [0.2, 0.25) is 0 Å². The van der Waals surface area contributed by atoms with Gasteiger partial charge in [0.1, 0.15) is 12.4 Å². The highest BCUT2D eigenvalue weighted by Gasteiger charge is 2.17. The molecular weight excluding hydrogens is 359 g/mol. The molecule has 0 bridgehead atoms. The lowest BCUT2D eigenvalue weighted by molar-refractivity contribution is 0.0469. The second-order valence-electron chi connectivity index (χ2n) is 6.14.